The first-order valence-corrected chi connectivity index (χ1v) is 7.33. The van der Waals surface area contributed by atoms with E-state index in [1.807, 2.05) is 13.8 Å². The normalized spacial score (nSPS) is 11.5. The number of aromatic nitrogens is 2. The third kappa shape index (κ3) is 2.70. The molecule has 0 spiro atoms. The fourth-order valence-electron chi connectivity index (χ4n) is 1.77. The first-order valence-electron chi connectivity index (χ1n) is 5.85. The van der Waals surface area contributed by atoms with Crippen molar-refractivity contribution in [3.8, 4) is 0 Å². The number of aromatic amines is 1. The van der Waals surface area contributed by atoms with E-state index in [0.29, 0.717) is 12.2 Å². The molecule has 0 saturated heterocycles. The Morgan fingerprint density at radius 1 is 1.42 bits per heavy atom. The second-order valence-electron chi connectivity index (χ2n) is 4.27. The number of nitrogens with zero attached hydrogens (tertiary/aromatic N) is 1. The van der Waals surface area contributed by atoms with Gasteiger partial charge in [0.25, 0.3) is 10.0 Å². The fraction of sp³-hybridized carbons (Fsp3) is 0.250. The molecule has 0 saturated carbocycles. The molecular weight excluding hydrogens is 264 g/mol. The molecule has 4 N–H and O–H groups in total. The lowest BCUT2D eigenvalue weighted by Crippen LogP contribution is -2.16. The molecule has 0 bridgehead atoms. The minimum absolute atomic E-state index is 0.0646. The number of hydrogen-bond donors (Lipinski definition) is 3. The molecule has 1 heterocycles. The maximum absolute atomic E-state index is 12.3. The lowest BCUT2D eigenvalue weighted by atomic mass is 10.2. The van der Waals surface area contributed by atoms with Gasteiger partial charge in [-0.3, -0.25) is 9.82 Å². The standard InChI is InChI=1S/C12H16N4O2S/c1-3-9-7-14-15-12(9)16-19(17,18)11-5-4-8(2)6-10(11)13/h4-7H,3,13H2,1-2H3,(H2,14,15,16). The molecular formula is C12H16N4O2S. The van der Waals surface area contributed by atoms with Crippen molar-refractivity contribution in [2.75, 3.05) is 10.5 Å². The van der Waals surface area contributed by atoms with Gasteiger partial charge in [-0.2, -0.15) is 5.10 Å². The number of hydrogen-bond acceptors (Lipinski definition) is 4. The van der Waals surface area contributed by atoms with Gasteiger partial charge >= 0.3 is 0 Å². The maximum Gasteiger partial charge on any atom is 0.265 e. The zero-order valence-electron chi connectivity index (χ0n) is 10.8. The number of nitrogen functional groups attached to an aromatic ring is 1. The van der Waals surface area contributed by atoms with Crippen LogP contribution >= 0.6 is 0 Å². The van der Waals surface area contributed by atoms with E-state index in [1.54, 1.807) is 18.3 Å². The van der Waals surface area contributed by atoms with Crippen LogP contribution < -0.4 is 10.5 Å². The summed E-state index contributed by atoms with van der Waals surface area (Å²) in [6.07, 6.45) is 2.27. The highest BCUT2D eigenvalue weighted by atomic mass is 32.2. The summed E-state index contributed by atoms with van der Waals surface area (Å²) < 4.78 is 27.0. The number of aryl methyl sites for hydroxylation is 2. The number of nitrogens with one attached hydrogen (secondary N) is 2. The van der Waals surface area contributed by atoms with Crippen LogP contribution in [0, 0.1) is 6.92 Å². The van der Waals surface area contributed by atoms with E-state index in [2.05, 4.69) is 14.9 Å². The molecule has 0 fully saturated rings. The Labute approximate surface area is 112 Å². The van der Waals surface area contributed by atoms with Crippen LogP contribution in [0.3, 0.4) is 0 Å². The number of nitrogens with two attached hydrogens (primary N) is 1. The fourth-order valence-corrected chi connectivity index (χ4v) is 2.94. The van der Waals surface area contributed by atoms with Crippen molar-refractivity contribution < 1.29 is 8.42 Å². The minimum Gasteiger partial charge on any atom is -0.398 e. The summed E-state index contributed by atoms with van der Waals surface area (Å²) in [5.74, 6) is 0.377. The van der Waals surface area contributed by atoms with Crippen molar-refractivity contribution in [3.05, 3.63) is 35.5 Å². The highest BCUT2D eigenvalue weighted by Crippen LogP contribution is 2.23. The van der Waals surface area contributed by atoms with Gasteiger partial charge in [-0.15, -0.1) is 0 Å². The predicted octanol–water partition coefficient (Wildman–Crippen LogP) is 1.66. The van der Waals surface area contributed by atoms with Crippen LogP contribution in [0.25, 0.3) is 0 Å². The van der Waals surface area contributed by atoms with Crippen LogP contribution in [0.2, 0.25) is 0 Å². The molecule has 2 aromatic rings. The van der Waals surface area contributed by atoms with Gasteiger partial charge in [0.1, 0.15) is 10.7 Å². The zero-order chi connectivity index (χ0) is 14.0. The van der Waals surface area contributed by atoms with E-state index >= 15 is 0 Å². The maximum atomic E-state index is 12.3. The van der Waals surface area contributed by atoms with Crippen LogP contribution in [0.15, 0.2) is 29.3 Å². The minimum atomic E-state index is -3.71. The molecule has 19 heavy (non-hydrogen) atoms. The lowest BCUT2D eigenvalue weighted by molar-refractivity contribution is 0.601. The highest BCUT2D eigenvalue weighted by Gasteiger charge is 2.19. The van der Waals surface area contributed by atoms with Gasteiger partial charge in [-0.1, -0.05) is 13.0 Å². The molecule has 0 aliphatic rings. The van der Waals surface area contributed by atoms with E-state index in [9.17, 15) is 8.42 Å². The summed E-state index contributed by atoms with van der Waals surface area (Å²) >= 11 is 0. The molecule has 0 aliphatic carbocycles. The SMILES string of the molecule is CCc1cn[nH]c1NS(=O)(=O)c1ccc(C)cc1N. The summed E-state index contributed by atoms with van der Waals surface area (Å²) in [7, 11) is -3.71. The lowest BCUT2D eigenvalue weighted by Gasteiger charge is -2.10. The summed E-state index contributed by atoms with van der Waals surface area (Å²) in [6, 6.07) is 4.83. The molecule has 0 radical (unpaired) electrons. The Balaban J connectivity index is 2.38. The molecule has 2 rings (SSSR count). The predicted molar refractivity (Wildman–Crippen MR) is 74.4 cm³/mol. The second kappa shape index (κ2) is 4.93. The first-order chi connectivity index (χ1) is 8.94. The summed E-state index contributed by atoms with van der Waals surface area (Å²) in [6.45, 7) is 3.77. The van der Waals surface area contributed by atoms with Crippen molar-refractivity contribution in [2.45, 2.75) is 25.2 Å². The smallest absolute Gasteiger partial charge is 0.265 e. The summed E-state index contributed by atoms with van der Waals surface area (Å²) in [4.78, 5) is 0.0646. The van der Waals surface area contributed by atoms with Gasteiger partial charge < -0.3 is 5.73 Å². The quantitative estimate of drug-likeness (QED) is 0.741. The van der Waals surface area contributed by atoms with Crippen LogP contribution in [-0.2, 0) is 16.4 Å². The van der Waals surface area contributed by atoms with Crippen molar-refractivity contribution >= 4 is 21.5 Å². The Morgan fingerprint density at radius 2 is 2.16 bits per heavy atom. The van der Waals surface area contributed by atoms with Gasteiger partial charge in [0.15, 0.2) is 0 Å². The van der Waals surface area contributed by atoms with Crippen molar-refractivity contribution in [1.29, 1.82) is 0 Å². The molecule has 1 aromatic heterocycles. The average molecular weight is 280 g/mol. The van der Waals surface area contributed by atoms with Gasteiger partial charge in [0, 0.05) is 5.56 Å². The number of benzene rings is 1. The third-order valence-electron chi connectivity index (χ3n) is 2.79. The van der Waals surface area contributed by atoms with Crippen molar-refractivity contribution in [3.63, 3.8) is 0 Å². The van der Waals surface area contributed by atoms with E-state index in [1.165, 1.54) is 6.07 Å². The van der Waals surface area contributed by atoms with Crippen LogP contribution in [0.4, 0.5) is 11.5 Å². The molecule has 6 nitrogen and oxygen atoms in total. The highest BCUT2D eigenvalue weighted by molar-refractivity contribution is 7.92. The monoisotopic (exact) mass is 280 g/mol. The number of sulfonamides is 1. The zero-order valence-corrected chi connectivity index (χ0v) is 11.6. The Kier molecular flexibility index (Phi) is 3.48. The Bertz CT molecular complexity index is 692. The molecule has 102 valence electrons. The number of anilines is 2. The van der Waals surface area contributed by atoms with E-state index in [-0.39, 0.29) is 10.6 Å². The van der Waals surface area contributed by atoms with E-state index in [0.717, 1.165) is 11.1 Å². The van der Waals surface area contributed by atoms with Crippen LogP contribution in [-0.4, -0.2) is 18.6 Å². The third-order valence-corrected chi connectivity index (χ3v) is 4.21. The second-order valence-corrected chi connectivity index (χ2v) is 5.92. The van der Waals surface area contributed by atoms with Gasteiger partial charge in [0.05, 0.1) is 11.9 Å². The largest absolute Gasteiger partial charge is 0.398 e. The van der Waals surface area contributed by atoms with Crippen LogP contribution in [0.5, 0.6) is 0 Å². The van der Waals surface area contributed by atoms with Crippen molar-refractivity contribution in [2.24, 2.45) is 0 Å². The van der Waals surface area contributed by atoms with E-state index < -0.39 is 10.0 Å². The Morgan fingerprint density at radius 3 is 2.79 bits per heavy atom. The average Bonchev–Trinajstić information content (AvgIpc) is 2.74. The van der Waals surface area contributed by atoms with Gasteiger partial charge in [0.2, 0.25) is 0 Å². The number of rotatable bonds is 4. The van der Waals surface area contributed by atoms with Gasteiger partial charge in [-0.25, -0.2) is 8.42 Å². The van der Waals surface area contributed by atoms with E-state index in [4.69, 9.17) is 5.73 Å². The van der Waals surface area contributed by atoms with Crippen LogP contribution in [0.1, 0.15) is 18.1 Å². The van der Waals surface area contributed by atoms with Gasteiger partial charge in [-0.05, 0) is 31.0 Å². The van der Waals surface area contributed by atoms with Crippen molar-refractivity contribution in [1.82, 2.24) is 10.2 Å². The summed E-state index contributed by atoms with van der Waals surface area (Å²) in [5, 5.41) is 6.46. The summed E-state index contributed by atoms with van der Waals surface area (Å²) in [5.41, 5.74) is 7.70. The number of H-pyrrole nitrogens is 1. The molecule has 0 unspecified atom stereocenters. The topological polar surface area (TPSA) is 101 Å². The molecule has 1 aromatic carbocycles. The Hall–Kier alpha value is -2.02. The molecule has 0 aliphatic heterocycles. The molecule has 7 heteroatoms. The molecule has 0 amide bonds. The molecule has 0 atom stereocenters. The first kappa shape index (κ1) is 13.4.